The Morgan fingerprint density at radius 1 is 1.04 bits per heavy atom. The number of aliphatic carboxylic acids is 1. The van der Waals surface area contributed by atoms with E-state index in [2.05, 4.69) is 5.32 Å². The molecular weight excluding hydrogens is 310 g/mol. The average Bonchev–Trinajstić information content (AvgIpc) is 2.55. The lowest BCUT2D eigenvalue weighted by Crippen LogP contribution is -2.24. The maximum atomic E-state index is 12.2. The summed E-state index contributed by atoms with van der Waals surface area (Å²) in [7, 11) is 3.12. The first-order chi connectivity index (χ1) is 11.5. The maximum Gasteiger partial charge on any atom is 0.303 e. The van der Waals surface area contributed by atoms with E-state index in [1.54, 1.807) is 26.4 Å². The standard InChI is InChI=1S/C18H27NO5/c1-13-11-14(12-15(23-2)17(13)24-3)18(22)19-10-8-6-4-5-7-9-16(20)21/h11-12H,4-10H2,1-3H3,(H,19,22)(H,20,21). The predicted octanol–water partition coefficient (Wildman–Crippen LogP) is 3.17. The molecule has 0 atom stereocenters. The summed E-state index contributed by atoms with van der Waals surface area (Å²) in [6, 6.07) is 3.45. The molecule has 0 spiro atoms. The number of amides is 1. The average molecular weight is 337 g/mol. The van der Waals surface area contributed by atoms with Gasteiger partial charge in [-0.25, -0.2) is 0 Å². The Bertz CT molecular complexity index is 557. The van der Waals surface area contributed by atoms with Crippen molar-refractivity contribution in [3.63, 3.8) is 0 Å². The van der Waals surface area contributed by atoms with Crippen molar-refractivity contribution in [1.82, 2.24) is 5.32 Å². The lowest BCUT2D eigenvalue weighted by Gasteiger charge is -2.13. The minimum atomic E-state index is -0.743. The molecule has 1 aromatic carbocycles. The van der Waals surface area contributed by atoms with Crippen LogP contribution in [0.25, 0.3) is 0 Å². The van der Waals surface area contributed by atoms with Gasteiger partial charge in [0, 0.05) is 18.5 Å². The lowest BCUT2D eigenvalue weighted by atomic mass is 10.1. The van der Waals surface area contributed by atoms with Crippen LogP contribution in [0.2, 0.25) is 0 Å². The Labute approximate surface area is 143 Å². The molecule has 0 saturated carbocycles. The summed E-state index contributed by atoms with van der Waals surface area (Å²) in [4.78, 5) is 22.6. The molecule has 2 N–H and O–H groups in total. The van der Waals surface area contributed by atoms with Crippen molar-refractivity contribution in [3.8, 4) is 11.5 Å². The molecule has 1 amide bonds. The van der Waals surface area contributed by atoms with E-state index >= 15 is 0 Å². The Morgan fingerprint density at radius 3 is 2.33 bits per heavy atom. The van der Waals surface area contributed by atoms with E-state index in [0.717, 1.165) is 31.2 Å². The monoisotopic (exact) mass is 337 g/mol. The van der Waals surface area contributed by atoms with Crippen LogP contribution in [0.5, 0.6) is 11.5 Å². The molecule has 1 aromatic rings. The van der Waals surface area contributed by atoms with Gasteiger partial charge in [-0.1, -0.05) is 19.3 Å². The van der Waals surface area contributed by atoms with Gasteiger partial charge >= 0.3 is 5.97 Å². The van der Waals surface area contributed by atoms with Gasteiger partial charge in [0.2, 0.25) is 0 Å². The molecule has 0 radical (unpaired) electrons. The summed E-state index contributed by atoms with van der Waals surface area (Å²) in [5.74, 6) is 0.300. The Morgan fingerprint density at radius 2 is 1.71 bits per heavy atom. The second kappa shape index (κ2) is 10.5. The third-order valence-electron chi connectivity index (χ3n) is 3.78. The molecular formula is C18H27NO5. The number of benzene rings is 1. The van der Waals surface area contributed by atoms with Crippen LogP contribution in [0.1, 0.15) is 54.4 Å². The van der Waals surface area contributed by atoms with E-state index in [1.807, 2.05) is 6.92 Å². The zero-order valence-electron chi connectivity index (χ0n) is 14.7. The third kappa shape index (κ3) is 6.48. The summed E-state index contributed by atoms with van der Waals surface area (Å²) < 4.78 is 10.5. The highest BCUT2D eigenvalue weighted by molar-refractivity contribution is 5.95. The number of hydrogen-bond acceptors (Lipinski definition) is 4. The number of nitrogens with one attached hydrogen (secondary N) is 1. The highest BCUT2D eigenvalue weighted by Gasteiger charge is 2.13. The predicted molar refractivity (Wildman–Crippen MR) is 92.0 cm³/mol. The van der Waals surface area contributed by atoms with Crippen LogP contribution in [0.3, 0.4) is 0 Å². The Kier molecular flexibility index (Phi) is 8.68. The largest absolute Gasteiger partial charge is 0.493 e. The number of carboxylic acids is 1. The van der Waals surface area contributed by atoms with Crippen LogP contribution in [0.15, 0.2) is 12.1 Å². The molecule has 134 valence electrons. The van der Waals surface area contributed by atoms with Crippen molar-refractivity contribution in [1.29, 1.82) is 0 Å². The Hall–Kier alpha value is -2.24. The van der Waals surface area contributed by atoms with E-state index in [4.69, 9.17) is 14.6 Å². The zero-order valence-corrected chi connectivity index (χ0v) is 14.7. The molecule has 6 nitrogen and oxygen atoms in total. The summed E-state index contributed by atoms with van der Waals surface area (Å²) >= 11 is 0. The minimum absolute atomic E-state index is 0.134. The fraction of sp³-hybridized carbons (Fsp3) is 0.556. The van der Waals surface area contributed by atoms with Crippen LogP contribution in [0.4, 0.5) is 0 Å². The van der Waals surface area contributed by atoms with Crippen LogP contribution >= 0.6 is 0 Å². The topological polar surface area (TPSA) is 84.9 Å². The van der Waals surface area contributed by atoms with Gasteiger partial charge in [-0.3, -0.25) is 9.59 Å². The molecule has 24 heavy (non-hydrogen) atoms. The first-order valence-electron chi connectivity index (χ1n) is 8.22. The molecule has 0 aliphatic heterocycles. The number of ether oxygens (including phenoxy) is 2. The van der Waals surface area contributed by atoms with Crippen LogP contribution in [-0.2, 0) is 4.79 Å². The highest BCUT2D eigenvalue weighted by Crippen LogP contribution is 2.31. The molecule has 0 unspecified atom stereocenters. The van der Waals surface area contributed by atoms with Crippen LogP contribution in [0, 0.1) is 6.92 Å². The van der Waals surface area contributed by atoms with Gasteiger partial charge in [-0.15, -0.1) is 0 Å². The number of aryl methyl sites for hydroxylation is 1. The van der Waals surface area contributed by atoms with E-state index in [1.165, 1.54) is 0 Å². The number of hydrogen-bond donors (Lipinski definition) is 2. The summed E-state index contributed by atoms with van der Waals surface area (Å²) in [5, 5.41) is 11.4. The van der Waals surface area contributed by atoms with E-state index in [9.17, 15) is 9.59 Å². The van der Waals surface area contributed by atoms with Gasteiger partial charge in [0.1, 0.15) is 0 Å². The van der Waals surface area contributed by atoms with Crippen molar-refractivity contribution < 1.29 is 24.2 Å². The normalized spacial score (nSPS) is 10.3. The molecule has 0 aliphatic carbocycles. The number of unbranched alkanes of at least 4 members (excludes halogenated alkanes) is 4. The first kappa shape index (κ1) is 19.8. The first-order valence-corrected chi connectivity index (χ1v) is 8.22. The number of methoxy groups -OCH3 is 2. The van der Waals surface area contributed by atoms with Gasteiger partial charge in [-0.2, -0.15) is 0 Å². The maximum absolute atomic E-state index is 12.2. The minimum Gasteiger partial charge on any atom is -0.493 e. The fourth-order valence-corrected chi connectivity index (χ4v) is 2.52. The van der Waals surface area contributed by atoms with Crippen molar-refractivity contribution in [2.75, 3.05) is 20.8 Å². The summed E-state index contributed by atoms with van der Waals surface area (Å²) in [5.41, 5.74) is 1.40. The number of carbonyl (C=O) groups excluding carboxylic acids is 1. The SMILES string of the molecule is COc1cc(C(=O)NCCCCCCCC(=O)O)cc(C)c1OC. The molecule has 1 rings (SSSR count). The molecule has 0 fully saturated rings. The second-order valence-electron chi connectivity index (χ2n) is 5.70. The van der Waals surface area contributed by atoms with Gasteiger partial charge < -0.3 is 19.9 Å². The highest BCUT2D eigenvalue weighted by atomic mass is 16.5. The van der Waals surface area contributed by atoms with Gasteiger partial charge in [0.15, 0.2) is 11.5 Å². The number of rotatable bonds is 11. The molecule has 6 heteroatoms. The quantitative estimate of drug-likeness (QED) is 0.606. The third-order valence-corrected chi connectivity index (χ3v) is 3.78. The molecule has 0 saturated heterocycles. The van der Waals surface area contributed by atoms with Crippen molar-refractivity contribution >= 4 is 11.9 Å². The van der Waals surface area contributed by atoms with Crippen molar-refractivity contribution in [2.24, 2.45) is 0 Å². The molecule has 0 aliphatic rings. The lowest BCUT2D eigenvalue weighted by molar-refractivity contribution is -0.137. The Balaban J connectivity index is 2.35. The van der Waals surface area contributed by atoms with Crippen LogP contribution in [-0.4, -0.2) is 37.7 Å². The summed E-state index contributed by atoms with van der Waals surface area (Å²) in [6.07, 6.45) is 4.70. The van der Waals surface area contributed by atoms with E-state index in [-0.39, 0.29) is 12.3 Å². The van der Waals surface area contributed by atoms with Gasteiger partial charge in [0.05, 0.1) is 14.2 Å². The number of carbonyl (C=O) groups is 2. The smallest absolute Gasteiger partial charge is 0.303 e. The fourth-order valence-electron chi connectivity index (χ4n) is 2.52. The van der Waals surface area contributed by atoms with Crippen molar-refractivity contribution in [2.45, 2.75) is 45.4 Å². The number of carboxylic acid groups (broad SMARTS) is 1. The molecule has 0 aromatic heterocycles. The molecule has 0 heterocycles. The second-order valence-corrected chi connectivity index (χ2v) is 5.70. The van der Waals surface area contributed by atoms with E-state index in [0.29, 0.717) is 30.0 Å². The molecule has 0 bridgehead atoms. The van der Waals surface area contributed by atoms with Crippen LogP contribution < -0.4 is 14.8 Å². The van der Waals surface area contributed by atoms with E-state index < -0.39 is 5.97 Å². The zero-order chi connectivity index (χ0) is 17.9. The van der Waals surface area contributed by atoms with Crippen molar-refractivity contribution in [3.05, 3.63) is 23.3 Å². The summed E-state index contributed by atoms with van der Waals surface area (Å²) in [6.45, 7) is 2.47. The van der Waals surface area contributed by atoms with Gasteiger partial charge in [0.25, 0.3) is 5.91 Å². The van der Waals surface area contributed by atoms with Gasteiger partial charge in [-0.05, 0) is 37.5 Å².